The first kappa shape index (κ1) is 15.8. The number of anilines is 2. The summed E-state index contributed by atoms with van der Waals surface area (Å²) in [5, 5.41) is 16.7. The van der Waals surface area contributed by atoms with Crippen molar-refractivity contribution in [3.8, 4) is 6.01 Å². The van der Waals surface area contributed by atoms with E-state index in [1.807, 2.05) is 13.8 Å². The van der Waals surface area contributed by atoms with E-state index in [1.165, 1.54) is 6.42 Å². The zero-order chi connectivity index (χ0) is 15.1. The molecule has 0 spiro atoms. The SMILES string of the molecule is CCNc1nc(NCC2(O)CCCCC2)nc(OCC)n1. The maximum absolute atomic E-state index is 10.5. The minimum Gasteiger partial charge on any atom is -0.464 e. The van der Waals surface area contributed by atoms with Crippen LogP contribution in [0.3, 0.4) is 0 Å². The third-order valence-corrected chi connectivity index (χ3v) is 3.58. The molecular formula is C14H25N5O2. The smallest absolute Gasteiger partial charge is 0.323 e. The molecule has 3 N–H and O–H groups in total. The van der Waals surface area contributed by atoms with Crippen LogP contribution in [0.5, 0.6) is 6.01 Å². The molecule has 0 unspecified atom stereocenters. The van der Waals surface area contributed by atoms with Crippen molar-refractivity contribution in [3.63, 3.8) is 0 Å². The Balaban J connectivity index is 2.03. The molecule has 0 saturated heterocycles. The van der Waals surface area contributed by atoms with Gasteiger partial charge in [0.15, 0.2) is 0 Å². The van der Waals surface area contributed by atoms with Gasteiger partial charge in [-0.3, -0.25) is 0 Å². The molecule has 0 atom stereocenters. The molecule has 0 amide bonds. The number of aliphatic hydroxyl groups is 1. The lowest BCUT2D eigenvalue weighted by Gasteiger charge is -2.32. The van der Waals surface area contributed by atoms with Crippen LogP contribution in [0.4, 0.5) is 11.9 Å². The van der Waals surface area contributed by atoms with Gasteiger partial charge < -0.3 is 20.5 Å². The van der Waals surface area contributed by atoms with Crippen molar-refractivity contribution >= 4 is 11.9 Å². The van der Waals surface area contributed by atoms with Crippen molar-refractivity contribution in [3.05, 3.63) is 0 Å². The Hall–Kier alpha value is -1.63. The molecule has 21 heavy (non-hydrogen) atoms. The van der Waals surface area contributed by atoms with E-state index in [-0.39, 0.29) is 0 Å². The van der Waals surface area contributed by atoms with Crippen LogP contribution < -0.4 is 15.4 Å². The molecule has 1 heterocycles. The van der Waals surface area contributed by atoms with Gasteiger partial charge in [-0.25, -0.2) is 0 Å². The van der Waals surface area contributed by atoms with Crippen LogP contribution in [0.25, 0.3) is 0 Å². The van der Waals surface area contributed by atoms with Crippen LogP contribution in [-0.4, -0.2) is 45.4 Å². The fraction of sp³-hybridized carbons (Fsp3) is 0.786. The number of hydrogen-bond donors (Lipinski definition) is 3. The lowest BCUT2D eigenvalue weighted by atomic mass is 9.85. The molecule has 1 saturated carbocycles. The van der Waals surface area contributed by atoms with Crippen LogP contribution in [-0.2, 0) is 0 Å². The van der Waals surface area contributed by atoms with Crippen LogP contribution in [0.15, 0.2) is 0 Å². The van der Waals surface area contributed by atoms with Crippen molar-refractivity contribution in [1.29, 1.82) is 0 Å². The molecule has 1 aliphatic rings. The fourth-order valence-corrected chi connectivity index (χ4v) is 2.50. The van der Waals surface area contributed by atoms with Gasteiger partial charge in [0.1, 0.15) is 0 Å². The number of hydrogen-bond acceptors (Lipinski definition) is 7. The van der Waals surface area contributed by atoms with Gasteiger partial charge >= 0.3 is 6.01 Å². The van der Waals surface area contributed by atoms with Crippen molar-refractivity contribution < 1.29 is 9.84 Å². The zero-order valence-corrected chi connectivity index (χ0v) is 12.9. The first-order chi connectivity index (χ1) is 10.1. The molecule has 1 aliphatic carbocycles. The monoisotopic (exact) mass is 295 g/mol. The van der Waals surface area contributed by atoms with Gasteiger partial charge in [-0.15, -0.1) is 0 Å². The quantitative estimate of drug-likeness (QED) is 0.706. The van der Waals surface area contributed by atoms with Gasteiger partial charge in [-0.1, -0.05) is 19.3 Å². The molecule has 118 valence electrons. The largest absolute Gasteiger partial charge is 0.464 e. The van der Waals surface area contributed by atoms with Crippen molar-refractivity contribution in [2.24, 2.45) is 0 Å². The van der Waals surface area contributed by atoms with Gasteiger partial charge in [0.25, 0.3) is 0 Å². The minimum atomic E-state index is -0.658. The summed E-state index contributed by atoms with van der Waals surface area (Å²) in [6.45, 7) is 5.53. The van der Waals surface area contributed by atoms with Gasteiger partial charge in [0, 0.05) is 13.1 Å². The first-order valence-corrected chi connectivity index (χ1v) is 7.74. The maximum Gasteiger partial charge on any atom is 0.323 e. The Morgan fingerprint density at radius 2 is 1.71 bits per heavy atom. The zero-order valence-electron chi connectivity index (χ0n) is 12.9. The Morgan fingerprint density at radius 1 is 1.05 bits per heavy atom. The van der Waals surface area contributed by atoms with Gasteiger partial charge in [0.05, 0.1) is 12.2 Å². The number of aromatic nitrogens is 3. The van der Waals surface area contributed by atoms with Crippen molar-refractivity contribution in [2.75, 3.05) is 30.3 Å². The third kappa shape index (κ3) is 4.70. The summed E-state index contributed by atoms with van der Waals surface area (Å²) in [4.78, 5) is 12.7. The van der Waals surface area contributed by atoms with E-state index < -0.39 is 5.60 Å². The van der Waals surface area contributed by atoms with Crippen LogP contribution in [0, 0.1) is 0 Å². The molecule has 0 radical (unpaired) electrons. The summed E-state index contributed by atoms with van der Waals surface area (Å²) >= 11 is 0. The van der Waals surface area contributed by atoms with Crippen LogP contribution in [0.2, 0.25) is 0 Å². The van der Waals surface area contributed by atoms with E-state index in [0.29, 0.717) is 31.1 Å². The highest BCUT2D eigenvalue weighted by Crippen LogP contribution is 2.28. The summed E-state index contributed by atoms with van der Waals surface area (Å²) in [7, 11) is 0. The Labute approximate surface area is 125 Å². The lowest BCUT2D eigenvalue weighted by molar-refractivity contribution is 0.0165. The lowest BCUT2D eigenvalue weighted by Crippen LogP contribution is -2.39. The Morgan fingerprint density at radius 3 is 2.33 bits per heavy atom. The van der Waals surface area contributed by atoms with E-state index in [4.69, 9.17) is 4.74 Å². The van der Waals surface area contributed by atoms with Crippen LogP contribution in [0.1, 0.15) is 46.0 Å². The molecule has 1 aromatic rings. The number of ether oxygens (including phenoxy) is 1. The summed E-state index contributed by atoms with van der Waals surface area (Å²) < 4.78 is 5.35. The topological polar surface area (TPSA) is 92.2 Å². The van der Waals surface area contributed by atoms with E-state index in [0.717, 1.165) is 32.2 Å². The van der Waals surface area contributed by atoms with E-state index >= 15 is 0 Å². The van der Waals surface area contributed by atoms with Gasteiger partial charge in [-0.05, 0) is 26.7 Å². The summed E-state index contributed by atoms with van der Waals surface area (Å²) in [6.07, 6.45) is 4.99. The maximum atomic E-state index is 10.5. The molecule has 0 aliphatic heterocycles. The molecule has 7 heteroatoms. The molecule has 7 nitrogen and oxygen atoms in total. The average Bonchev–Trinajstić information content (AvgIpc) is 2.47. The first-order valence-electron chi connectivity index (χ1n) is 7.74. The van der Waals surface area contributed by atoms with E-state index in [2.05, 4.69) is 25.6 Å². The van der Waals surface area contributed by atoms with Crippen molar-refractivity contribution in [1.82, 2.24) is 15.0 Å². The number of nitrogens with one attached hydrogen (secondary N) is 2. The Kier molecular flexibility index (Phi) is 5.55. The second-order valence-corrected chi connectivity index (χ2v) is 5.37. The van der Waals surface area contributed by atoms with Crippen molar-refractivity contribution in [2.45, 2.75) is 51.6 Å². The molecule has 0 bridgehead atoms. The van der Waals surface area contributed by atoms with E-state index in [1.54, 1.807) is 0 Å². The van der Waals surface area contributed by atoms with Gasteiger partial charge in [0.2, 0.25) is 11.9 Å². The predicted molar refractivity (Wildman–Crippen MR) is 81.7 cm³/mol. The standard InChI is InChI=1S/C14H25N5O2/c1-3-15-11-17-12(19-13(18-11)21-4-2)16-10-14(20)8-6-5-7-9-14/h20H,3-10H2,1-2H3,(H2,15,16,17,18,19). The predicted octanol–water partition coefficient (Wildman–Crippen LogP) is 1.81. The second kappa shape index (κ2) is 7.40. The highest BCUT2D eigenvalue weighted by Gasteiger charge is 2.29. The van der Waals surface area contributed by atoms with E-state index in [9.17, 15) is 5.11 Å². The molecule has 0 aromatic carbocycles. The average molecular weight is 295 g/mol. The highest BCUT2D eigenvalue weighted by atomic mass is 16.5. The fourth-order valence-electron chi connectivity index (χ4n) is 2.50. The molecule has 1 fully saturated rings. The number of nitrogens with zero attached hydrogens (tertiary/aromatic N) is 3. The third-order valence-electron chi connectivity index (χ3n) is 3.58. The summed E-state index contributed by atoms with van der Waals surface area (Å²) in [5.74, 6) is 0.914. The summed E-state index contributed by atoms with van der Waals surface area (Å²) in [6, 6.07) is 0.293. The summed E-state index contributed by atoms with van der Waals surface area (Å²) in [5.41, 5.74) is -0.658. The van der Waals surface area contributed by atoms with Gasteiger partial charge in [-0.2, -0.15) is 15.0 Å². The minimum absolute atomic E-state index is 0.293. The van der Waals surface area contributed by atoms with Crippen LogP contribution >= 0.6 is 0 Å². The number of rotatable bonds is 7. The molecule has 1 aromatic heterocycles. The second-order valence-electron chi connectivity index (χ2n) is 5.37. The normalized spacial score (nSPS) is 17.3. The molecule has 2 rings (SSSR count). The molecular weight excluding hydrogens is 270 g/mol. The Bertz CT molecular complexity index is 425. The highest BCUT2D eigenvalue weighted by molar-refractivity contribution is 5.36.